The summed E-state index contributed by atoms with van der Waals surface area (Å²) in [4.78, 5) is 35.4. The highest BCUT2D eigenvalue weighted by atomic mass is 35.5. The Morgan fingerprint density at radius 2 is 1.71 bits per heavy atom. The van der Waals surface area contributed by atoms with Crippen molar-refractivity contribution in [2.75, 3.05) is 5.32 Å². The molecule has 0 radical (unpaired) electrons. The summed E-state index contributed by atoms with van der Waals surface area (Å²) >= 11 is 7.84. The Balaban J connectivity index is 0.000000604. The molecule has 10 heteroatoms. The van der Waals surface area contributed by atoms with Gasteiger partial charge in [-0.05, 0) is 48.4 Å². The molecule has 3 aromatic rings. The van der Waals surface area contributed by atoms with Gasteiger partial charge in [-0.25, -0.2) is 14.6 Å². The number of carbonyl (C=O) groups excluding carboxylic acids is 1. The van der Waals surface area contributed by atoms with E-state index >= 15 is 0 Å². The molecule has 0 aliphatic carbocycles. The SMILES string of the molecule is CCCCC(=O)Nc1ccc(SC(Cn2ccnc2)c2ccc(Cl)cc2)cc1.O=C(O)C(=O)O. The number of hydrogen-bond donors (Lipinski definition) is 3. The van der Waals surface area contributed by atoms with Crippen LogP contribution in [0.4, 0.5) is 5.69 Å². The number of nitrogens with one attached hydrogen (secondary N) is 1. The number of imidazole rings is 1. The summed E-state index contributed by atoms with van der Waals surface area (Å²) in [5.74, 6) is -3.58. The molecule has 1 heterocycles. The second-order valence-electron chi connectivity index (χ2n) is 7.20. The standard InChI is InChI=1S/C22H24ClN3OS.C2H2O4/c1-2-3-4-22(27)25-19-9-11-20(12-10-19)28-21(15-26-14-13-24-16-26)17-5-7-18(23)8-6-17;3-1(4)2(5)6/h5-14,16,21H,2-4,15H2,1H3,(H,25,27);(H,3,4)(H,5,6). The highest BCUT2D eigenvalue weighted by Gasteiger charge is 2.14. The van der Waals surface area contributed by atoms with Gasteiger partial charge in [0.15, 0.2) is 0 Å². The van der Waals surface area contributed by atoms with E-state index in [4.69, 9.17) is 31.4 Å². The van der Waals surface area contributed by atoms with Crippen LogP contribution in [0.2, 0.25) is 5.02 Å². The van der Waals surface area contributed by atoms with Crippen molar-refractivity contribution in [2.24, 2.45) is 0 Å². The number of amides is 1. The molecule has 0 bridgehead atoms. The van der Waals surface area contributed by atoms with Crippen molar-refractivity contribution >= 4 is 46.9 Å². The summed E-state index contributed by atoms with van der Waals surface area (Å²) < 4.78 is 2.08. The molecule has 0 fully saturated rings. The van der Waals surface area contributed by atoms with Crippen LogP contribution in [0.25, 0.3) is 0 Å². The van der Waals surface area contributed by atoms with E-state index in [2.05, 4.69) is 46.1 Å². The van der Waals surface area contributed by atoms with Crippen molar-refractivity contribution in [2.45, 2.75) is 42.9 Å². The second-order valence-corrected chi connectivity index (χ2v) is 8.92. The first kappa shape index (κ1) is 26.9. The molecule has 1 aromatic heterocycles. The minimum Gasteiger partial charge on any atom is -0.473 e. The van der Waals surface area contributed by atoms with Crippen molar-refractivity contribution in [1.29, 1.82) is 0 Å². The molecule has 2 aromatic carbocycles. The highest BCUT2D eigenvalue weighted by molar-refractivity contribution is 7.99. The summed E-state index contributed by atoms with van der Waals surface area (Å²) in [5.41, 5.74) is 2.04. The zero-order valence-electron chi connectivity index (χ0n) is 18.6. The van der Waals surface area contributed by atoms with E-state index in [0.29, 0.717) is 6.42 Å². The number of halogens is 1. The largest absolute Gasteiger partial charge is 0.473 e. The number of aliphatic carboxylic acids is 2. The number of hydrogen-bond acceptors (Lipinski definition) is 5. The number of carboxylic acids is 2. The van der Waals surface area contributed by atoms with Crippen molar-refractivity contribution in [3.05, 3.63) is 77.8 Å². The zero-order chi connectivity index (χ0) is 24.9. The van der Waals surface area contributed by atoms with E-state index in [-0.39, 0.29) is 11.2 Å². The minimum absolute atomic E-state index is 0.0707. The molecule has 1 atom stereocenters. The van der Waals surface area contributed by atoms with E-state index in [9.17, 15) is 4.79 Å². The normalized spacial score (nSPS) is 11.1. The van der Waals surface area contributed by atoms with Crippen LogP contribution >= 0.6 is 23.4 Å². The first-order chi connectivity index (χ1) is 16.3. The first-order valence-corrected chi connectivity index (χ1v) is 11.8. The number of rotatable bonds is 9. The van der Waals surface area contributed by atoms with Gasteiger partial charge >= 0.3 is 11.9 Å². The number of thioether (sulfide) groups is 1. The van der Waals surface area contributed by atoms with Crippen LogP contribution in [0.15, 0.2) is 72.1 Å². The molecule has 1 amide bonds. The maximum absolute atomic E-state index is 11.9. The molecule has 0 spiro atoms. The Kier molecular flexibility index (Phi) is 11.2. The maximum atomic E-state index is 11.9. The first-order valence-electron chi connectivity index (χ1n) is 10.5. The highest BCUT2D eigenvalue weighted by Crippen LogP contribution is 2.37. The number of aromatic nitrogens is 2. The van der Waals surface area contributed by atoms with Crippen molar-refractivity contribution < 1.29 is 24.6 Å². The molecule has 3 N–H and O–H groups in total. The van der Waals surface area contributed by atoms with Crippen molar-refractivity contribution in [3.8, 4) is 0 Å². The molecule has 0 saturated heterocycles. The van der Waals surface area contributed by atoms with E-state index in [1.54, 1.807) is 18.0 Å². The van der Waals surface area contributed by atoms with Gasteiger partial charge in [0.25, 0.3) is 0 Å². The Bertz CT molecular complexity index is 1050. The maximum Gasteiger partial charge on any atom is 0.414 e. The summed E-state index contributed by atoms with van der Waals surface area (Å²) in [7, 11) is 0. The number of carbonyl (C=O) groups is 3. The van der Waals surface area contributed by atoms with Gasteiger partial charge < -0.3 is 20.1 Å². The summed E-state index contributed by atoms with van der Waals surface area (Å²) in [5, 5.41) is 18.7. The Morgan fingerprint density at radius 3 is 2.24 bits per heavy atom. The lowest BCUT2D eigenvalue weighted by molar-refractivity contribution is -0.159. The Labute approximate surface area is 207 Å². The number of benzene rings is 2. The van der Waals surface area contributed by atoms with Gasteiger partial charge in [-0.2, -0.15) is 0 Å². The lowest BCUT2D eigenvalue weighted by Gasteiger charge is -2.18. The fourth-order valence-corrected chi connectivity index (χ4v) is 4.10. The van der Waals surface area contributed by atoms with Crippen molar-refractivity contribution in [3.63, 3.8) is 0 Å². The minimum atomic E-state index is -1.82. The second kappa shape index (κ2) is 14.1. The average molecular weight is 504 g/mol. The van der Waals surface area contributed by atoms with E-state index in [1.165, 1.54) is 5.56 Å². The molecule has 3 rings (SSSR count). The van der Waals surface area contributed by atoms with Gasteiger partial charge in [0.05, 0.1) is 11.6 Å². The molecular weight excluding hydrogens is 478 g/mol. The monoisotopic (exact) mass is 503 g/mol. The molecule has 180 valence electrons. The Hall–Kier alpha value is -3.30. The molecular formula is C24H26ClN3O5S. The number of unbranched alkanes of at least 4 members (excludes halogenated alkanes) is 1. The quantitative estimate of drug-likeness (QED) is 0.265. The van der Waals surface area contributed by atoms with Crippen molar-refractivity contribution in [1.82, 2.24) is 9.55 Å². The molecule has 8 nitrogen and oxygen atoms in total. The van der Waals surface area contributed by atoms with Gasteiger partial charge in [-0.3, -0.25) is 4.79 Å². The number of nitrogens with zero attached hydrogens (tertiary/aromatic N) is 2. The summed E-state index contributed by atoms with van der Waals surface area (Å²) in [6, 6.07) is 16.0. The Morgan fingerprint density at radius 1 is 1.06 bits per heavy atom. The van der Waals surface area contributed by atoms with E-state index in [0.717, 1.165) is 35.0 Å². The van der Waals surface area contributed by atoms with Gasteiger partial charge in [0, 0.05) is 41.0 Å². The van der Waals surface area contributed by atoms with Crippen LogP contribution < -0.4 is 5.32 Å². The van der Waals surface area contributed by atoms with Crippen LogP contribution in [0.1, 0.15) is 37.0 Å². The van der Waals surface area contributed by atoms with Crippen LogP contribution in [0, 0.1) is 0 Å². The van der Waals surface area contributed by atoms with E-state index in [1.807, 2.05) is 36.8 Å². The van der Waals surface area contributed by atoms with Crippen LogP contribution in [-0.4, -0.2) is 37.6 Å². The molecule has 0 aliphatic heterocycles. The topological polar surface area (TPSA) is 122 Å². The van der Waals surface area contributed by atoms with Crippen LogP contribution in [-0.2, 0) is 20.9 Å². The van der Waals surface area contributed by atoms with Gasteiger partial charge in [0.1, 0.15) is 0 Å². The predicted octanol–water partition coefficient (Wildman–Crippen LogP) is 5.35. The number of anilines is 1. The third kappa shape index (κ3) is 9.68. The molecule has 0 aliphatic rings. The molecule has 1 unspecified atom stereocenters. The lowest BCUT2D eigenvalue weighted by atomic mass is 10.1. The summed E-state index contributed by atoms with van der Waals surface area (Å²) in [6.45, 7) is 2.89. The average Bonchev–Trinajstić information content (AvgIpc) is 3.32. The smallest absolute Gasteiger partial charge is 0.414 e. The molecule has 34 heavy (non-hydrogen) atoms. The lowest BCUT2D eigenvalue weighted by Crippen LogP contribution is -2.10. The third-order valence-corrected chi connectivity index (χ3v) is 6.04. The molecule has 0 saturated carbocycles. The number of carboxylic acid groups (broad SMARTS) is 2. The fraction of sp³-hybridized carbons (Fsp3) is 0.250. The van der Waals surface area contributed by atoms with Gasteiger partial charge in [-0.1, -0.05) is 37.1 Å². The zero-order valence-corrected chi connectivity index (χ0v) is 20.1. The third-order valence-electron chi connectivity index (χ3n) is 4.53. The van der Waals surface area contributed by atoms with Crippen LogP contribution in [0.5, 0.6) is 0 Å². The van der Waals surface area contributed by atoms with Gasteiger partial charge in [0.2, 0.25) is 5.91 Å². The van der Waals surface area contributed by atoms with Crippen LogP contribution in [0.3, 0.4) is 0 Å². The fourth-order valence-electron chi connectivity index (χ4n) is 2.82. The summed E-state index contributed by atoms with van der Waals surface area (Å²) in [6.07, 6.45) is 8.09. The predicted molar refractivity (Wildman–Crippen MR) is 132 cm³/mol. The van der Waals surface area contributed by atoms with Gasteiger partial charge in [-0.15, -0.1) is 11.8 Å². The van der Waals surface area contributed by atoms with E-state index < -0.39 is 11.9 Å².